The van der Waals surface area contributed by atoms with Gasteiger partial charge in [0.2, 0.25) is 0 Å². The molecule has 118 valence electrons. The number of aryl methyl sites for hydroxylation is 2. The van der Waals surface area contributed by atoms with E-state index in [2.05, 4.69) is 10.3 Å². The van der Waals surface area contributed by atoms with Crippen LogP contribution >= 0.6 is 0 Å². The lowest BCUT2D eigenvalue weighted by Crippen LogP contribution is -2.16. The zero-order valence-electron chi connectivity index (χ0n) is 12.3. The third-order valence-electron chi connectivity index (χ3n) is 3.65. The predicted molar refractivity (Wildman–Crippen MR) is 78.9 cm³/mol. The van der Waals surface area contributed by atoms with E-state index in [9.17, 15) is 18.0 Å². The molecule has 4 nitrogen and oxygen atoms in total. The second-order valence-electron chi connectivity index (χ2n) is 5.08. The Labute approximate surface area is 129 Å². The van der Waals surface area contributed by atoms with E-state index in [4.69, 9.17) is 0 Å². The number of halogens is 3. The van der Waals surface area contributed by atoms with Gasteiger partial charge in [-0.1, -0.05) is 0 Å². The molecule has 0 aliphatic rings. The minimum Gasteiger partial charge on any atom is -0.319 e. The van der Waals surface area contributed by atoms with Gasteiger partial charge in [-0.15, -0.1) is 0 Å². The average Bonchev–Trinajstić information content (AvgIpc) is 2.81. The summed E-state index contributed by atoms with van der Waals surface area (Å²) >= 11 is 0. The van der Waals surface area contributed by atoms with Gasteiger partial charge in [-0.05, 0) is 38.1 Å². The third kappa shape index (κ3) is 2.44. The number of rotatable bonds is 2. The van der Waals surface area contributed by atoms with Crippen molar-refractivity contribution in [2.75, 3.05) is 5.32 Å². The Kier molecular flexibility index (Phi) is 3.55. The maximum Gasteiger partial charge on any atom is 0.258 e. The van der Waals surface area contributed by atoms with Crippen molar-refractivity contribution in [3.63, 3.8) is 0 Å². The summed E-state index contributed by atoms with van der Waals surface area (Å²) in [5, 5.41) is 2.48. The van der Waals surface area contributed by atoms with E-state index >= 15 is 0 Å². The molecule has 0 atom stereocenters. The van der Waals surface area contributed by atoms with Crippen LogP contribution in [-0.2, 0) is 0 Å². The van der Waals surface area contributed by atoms with Crippen molar-refractivity contribution < 1.29 is 18.0 Å². The fourth-order valence-electron chi connectivity index (χ4n) is 2.29. The molecule has 0 bridgehead atoms. The van der Waals surface area contributed by atoms with Gasteiger partial charge in [0.25, 0.3) is 5.91 Å². The van der Waals surface area contributed by atoms with Crippen molar-refractivity contribution in [1.29, 1.82) is 0 Å². The molecule has 0 spiro atoms. The molecule has 1 aromatic carbocycles. The first kappa shape index (κ1) is 15.1. The highest BCUT2D eigenvalue weighted by atomic mass is 19.2. The standard InChI is InChI=1S/C16H12F3N3O/c1-8-9(2)22-7-3-4-12(15(22)20-8)21-16(23)10-5-6-11(17)14(19)13(10)18/h3-7H,1-2H3,(H,21,23). The van der Waals surface area contributed by atoms with Crippen LogP contribution in [0.15, 0.2) is 30.5 Å². The van der Waals surface area contributed by atoms with Crippen LogP contribution in [0.25, 0.3) is 5.65 Å². The third-order valence-corrected chi connectivity index (χ3v) is 3.65. The summed E-state index contributed by atoms with van der Waals surface area (Å²) < 4.78 is 41.7. The van der Waals surface area contributed by atoms with Crippen LogP contribution in [0.4, 0.5) is 18.9 Å². The maximum absolute atomic E-state index is 13.7. The van der Waals surface area contributed by atoms with Gasteiger partial charge in [0.15, 0.2) is 23.1 Å². The molecule has 3 rings (SSSR count). The molecule has 1 amide bonds. The summed E-state index contributed by atoms with van der Waals surface area (Å²) in [5.41, 5.74) is 1.93. The van der Waals surface area contributed by atoms with Crippen LogP contribution in [0.5, 0.6) is 0 Å². The Morgan fingerprint density at radius 3 is 2.61 bits per heavy atom. The minimum absolute atomic E-state index is 0.345. The number of imidazole rings is 1. The van der Waals surface area contributed by atoms with Crippen molar-refractivity contribution in [3.05, 3.63) is 64.9 Å². The molecule has 0 saturated heterocycles. The number of nitrogens with one attached hydrogen (secondary N) is 1. The Balaban J connectivity index is 2.01. The van der Waals surface area contributed by atoms with Crippen LogP contribution in [-0.4, -0.2) is 15.3 Å². The monoisotopic (exact) mass is 319 g/mol. The maximum atomic E-state index is 13.7. The Bertz CT molecular complexity index is 934. The number of aromatic nitrogens is 2. The van der Waals surface area contributed by atoms with Crippen molar-refractivity contribution in [2.24, 2.45) is 0 Å². The Morgan fingerprint density at radius 1 is 1.13 bits per heavy atom. The molecule has 7 heteroatoms. The highest BCUT2D eigenvalue weighted by Gasteiger charge is 2.20. The smallest absolute Gasteiger partial charge is 0.258 e. The van der Waals surface area contributed by atoms with E-state index in [1.807, 2.05) is 13.8 Å². The van der Waals surface area contributed by atoms with E-state index in [0.29, 0.717) is 17.4 Å². The number of anilines is 1. The van der Waals surface area contributed by atoms with E-state index in [1.54, 1.807) is 22.7 Å². The molecule has 0 aliphatic carbocycles. The van der Waals surface area contributed by atoms with Gasteiger partial charge in [-0.2, -0.15) is 0 Å². The second kappa shape index (κ2) is 5.42. The number of fused-ring (bicyclic) bond motifs is 1. The van der Waals surface area contributed by atoms with Crippen LogP contribution in [0, 0.1) is 31.3 Å². The summed E-state index contributed by atoms with van der Waals surface area (Å²) in [7, 11) is 0. The summed E-state index contributed by atoms with van der Waals surface area (Å²) in [6.07, 6.45) is 1.78. The molecule has 0 saturated carbocycles. The van der Waals surface area contributed by atoms with Crippen LogP contribution in [0.3, 0.4) is 0 Å². The first-order valence-corrected chi connectivity index (χ1v) is 6.79. The van der Waals surface area contributed by atoms with E-state index in [-0.39, 0.29) is 0 Å². The fraction of sp³-hybridized carbons (Fsp3) is 0.125. The van der Waals surface area contributed by atoms with Crippen LogP contribution in [0.1, 0.15) is 21.7 Å². The molecule has 2 heterocycles. The molecule has 0 radical (unpaired) electrons. The second-order valence-corrected chi connectivity index (χ2v) is 5.08. The van der Waals surface area contributed by atoms with E-state index < -0.39 is 28.9 Å². The zero-order valence-corrected chi connectivity index (χ0v) is 12.3. The van der Waals surface area contributed by atoms with Crippen LogP contribution in [0.2, 0.25) is 0 Å². The molecule has 0 fully saturated rings. The number of pyridine rings is 1. The quantitative estimate of drug-likeness (QED) is 0.733. The van der Waals surface area contributed by atoms with Crippen LogP contribution < -0.4 is 5.32 Å². The van der Waals surface area contributed by atoms with Gasteiger partial charge < -0.3 is 9.72 Å². The molecule has 0 aliphatic heterocycles. The SMILES string of the molecule is Cc1nc2c(NC(=O)c3ccc(F)c(F)c3F)cccn2c1C. The predicted octanol–water partition coefficient (Wildman–Crippen LogP) is 3.62. The Morgan fingerprint density at radius 2 is 1.87 bits per heavy atom. The van der Waals surface area contributed by atoms with Gasteiger partial charge in [0.05, 0.1) is 16.9 Å². The van der Waals surface area contributed by atoms with E-state index in [0.717, 1.165) is 17.5 Å². The number of carbonyl (C=O) groups excluding carboxylic acids is 1. The molecule has 23 heavy (non-hydrogen) atoms. The molecule has 2 aromatic heterocycles. The normalized spacial score (nSPS) is 11.0. The summed E-state index contributed by atoms with van der Waals surface area (Å²) in [6, 6.07) is 4.89. The Hall–Kier alpha value is -2.83. The number of carbonyl (C=O) groups is 1. The zero-order chi connectivity index (χ0) is 16.7. The van der Waals surface area contributed by atoms with Crippen molar-refractivity contribution in [2.45, 2.75) is 13.8 Å². The largest absolute Gasteiger partial charge is 0.319 e. The molecule has 0 unspecified atom stereocenters. The number of amides is 1. The minimum atomic E-state index is -1.68. The first-order valence-electron chi connectivity index (χ1n) is 6.79. The molecular weight excluding hydrogens is 307 g/mol. The number of nitrogens with zero attached hydrogens (tertiary/aromatic N) is 2. The number of hydrogen-bond donors (Lipinski definition) is 1. The fourth-order valence-corrected chi connectivity index (χ4v) is 2.29. The van der Waals surface area contributed by atoms with Gasteiger partial charge in [0, 0.05) is 11.9 Å². The lowest BCUT2D eigenvalue weighted by Gasteiger charge is -2.08. The lowest BCUT2D eigenvalue weighted by molar-refractivity contribution is 0.102. The summed E-state index contributed by atoms with van der Waals surface area (Å²) in [4.78, 5) is 16.5. The lowest BCUT2D eigenvalue weighted by atomic mass is 10.2. The van der Waals surface area contributed by atoms with Gasteiger partial charge in [0.1, 0.15) is 0 Å². The molecule has 3 aromatic rings. The summed E-state index contributed by atoms with van der Waals surface area (Å²) in [6.45, 7) is 3.69. The summed E-state index contributed by atoms with van der Waals surface area (Å²) in [5.74, 6) is -5.43. The molecular formula is C16H12F3N3O. The van der Waals surface area contributed by atoms with Gasteiger partial charge in [-0.3, -0.25) is 4.79 Å². The van der Waals surface area contributed by atoms with Crippen molar-refractivity contribution >= 4 is 17.2 Å². The number of hydrogen-bond acceptors (Lipinski definition) is 2. The first-order chi connectivity index (χ1) is 10.9. The van der Waals surface area contributed by atoms with Gasteiger partial charge >= 0.3 is 0 Å². The average molecular weight is 319 g/mol. The van der Waals surface area contributed by atoms with E-state index in [1.165, 1.54) is 0 Å². The van der Waals surface area contributed by atoms with Crippen molar-refractivity contribution in [1.82, 2.24) is 9.38 Å². The molecule has 1 N–H and O–H groups in total. The van der Waals surface area contributed by atoms with Gasteiger partial charge in [-0.25, -0.2) is 18.2 Å². The number of benzene rings is 1. The highest BCUT2D eigenvalue weighted by Crippen LogP contribution is 2.21. The van der Waals surface area contributed by atoms with Crippen molar-refractivity contribution in [3.8, 4) is 0 Å². The topological polar surface area (TPSA) is 46.4 Å². The highest BCUT2D eigenvalue weighted by molar-refractivity contribution is 6.06.